The number of nitrogens with two attached hydrogens (primary N) is 2. The molecule has 19 heavy (non-hydrogen) atoms. The summed E-state index contributed by atoms with van der Waals surface area (Å²) in [5.41, 5.74) is 17.6. The van der Waals surface area contributed by atoms with Crippen molar-refractivity contribution in [1.29, 1.82) is 0 Å². The summed E-state index contributed by atoms with van der Waals surface area (Å²) in [6.45, 7) is 3.92. The van der Waals surface area contributed by atoms with Crippen LogP contribution < -0.4 is 11.5 Å². The normalized spacial score (nSPS) is 11.1. The maximum absolute atomic E-state index is 5.93. The van der Waals surface area contributed by atoms with Gasteiger partial charge in [-0.2, -0.15) is 0 Å². The highest BCUT2D eigenvalue weighted by molar-refractivity contribution is 5.79. The highest BCUT2D eigenvalue weighted by Crippen LogP contribution is 2.30. The van der Waals surface area contributed by atoms with Crippen LogP contribution in [0, 0.1) is 13.8 Å². The molecule has 0 atom stereocenters. The van der Waals surface area contributed by atoms with Gasteiger partial charge in [-0.05, 0) is 49.2 Å². The second kappa shape index (κ2) is 4.02. The fraction of sp³-hybridized carbons (Fsp3) is 0.133. The number of fused-ring (bicyclic) bond motifs is 1. The molecule has 0 aliphatic rings. The van der Waals surface area contributed by atoms with Gasteiger partial charge in [0.25, 0.3) is 0 Å². The number of aromatic nitrogens is 1. The average Bonchev–Trinajstić information content (AvgIpc) is 2.78. The summed E-state index contributed by atoms with van der Waals surface area (Å²) in [4.78, 5) is 4.48. The smallest absolute Gasteiger partial charge is 0.227 e. The lowest BCUT2D eigenvalue weighted by Crippen LogP contribution is -1.96. The van der Waals surface area contributed by atoms with Crippen LogP contribution in [0.25, 0.3) is 22.6 Å². The van der Waals surface area contributed by atoms with Gasteiger partial charge in [0, 0.05) is 16.9 Å². The van der Waals surface area contributed by atoms with Crippen molar-refractivity contribution < 1.29 is 4.42 Å². The van der Waals surface area contributed by atoms with Crippen LogP contribution in [0.2, 0.25) is 0 Å². The number of anilines is 2. The molecular weight excluding hydrogens is 238 g/mol. The number of benzene rings is 2. The maximum atomic E-state index is 5.93. The van der Waals surface area contributed by atoms with Gasteiger partial charge in [-0.15, -0.1) is 0 Å². The number of oxazole rings is 1. The van der Waals surface area contributed by atoms with Crippen LogP contribution in [0.5, 0.6) is 0 Å². The van der Waals surface area contributed by atoms with Gasteiger partial charge in [0.1, 0.15) is 5.52 Å². The predicted octanol–water partition coefficient (Wildman–Crippen LogP) is 3.28. The zero-order valence-corrected chi connectivity index (χ0v) is 10.9. The number of nitrogen functional groups attached to an aromatic ring is 2. The molecule has 0 amide bonds. The van der Waals surface area contributed by atoms with E-state index in [1.807, 2.05) is 44.2 Å². The number of hydrogen-bond donors (Lipinski definition) is 2. The summed E-state index contributed by atoms with van der Waals surface area (Å²) in [6, 6.07) is 9.58. The van der Waals surface area contributed by atoms with E-state index in [4.69, 9.17) is 15.9 Å². The van der Waals surface area contributed by atoms with E-state index in [1.165, 1.54) is 0 Å². The lowest BCUT2D eigenvalue weighted by atomic mass is 10.1. The van der Waals surface area contributed by atoms with Gasteiger partial charge >= 0.3 is 0 Å². The van der Waals surface area contributed by atoms with E-state index in [0.29, 0.717) is 17.3 Å². The Morgan fingerprint density at radius 1 is 1.00 bits per heavy atom. The molecule has 0 saturated carbocycles. The van der Waals surface area contributed by atoms with Crippen molar-refractivity contribution in [1.82, 2.24) is 4.98 Å². The van der Waals surface area contributed by atoms with Crippen LogP contribution in [0.3, 0.4) is 0 Å². The molecule has 2 aromatic carbocycles. The second-order valence-corrected chi connectivity index (χ2v) is 4.77. The number of nitrogens with zero attached hydrogens (tertiary/aromatic N) is 1. The lowest BCUT2D eigenvalue weighted by molar-refractivity contribution is 0.620. The van der Waals surface area contributed by atoms with E-state index in [9.17, 15) is 0 Å². The highest BCUT2D eigenvalue weighted by Gasteiger charge is 2.11. The van der Waals surface area contributed by atoms with Crippen molar-refractivity contribution in [2.75, 3.05) is 11.5 Å². The first-order valence-corrected chi connectivity index (χ1v) is 6.08. The first-order valence-electron chi connectivity index (χ1n) is 6.08. The molecular formula is C15H15N3O. The molecule has 3 rings (SSSR count). The molecule has 96 valence electrons. The molecule has 0 aliphatic heterocycles. The molecule has 0 bridgehead atoms. The molecule has 0 fully saturated rings. The molecule has 0 aliphatic carbocycles. The molecule has 1 aromatic heterocycles. The van der Waals surface area contributed by atoms with Gasteiger partial charge in [0.15, 0.2) is 5.58 Å². The van der Waals surface area contributed by atoms with E-state index in [-0.39, 0.29) is 0 Å². The quantitative estimate of drug-likeness (QED) is 0.652. The van der Waals surface area contributed by atoms with Crippen LogP contribution in [-0.2, 0) is 0 Å². The summed E-state index contributed by atoms with van der Waals surface area (Å²) in [5, 5.41) is 0. The van der Waals surface area contributed by atoms with Crippen molar-refractivity contribution in [3.8, 4) is 11.5 Å². The number of hydrogen-bond acceptors (Lipinski definition) is 4. The monoisotopic (exact) mass is 253 g/mol. The topological polar surface area (TPSA) is 78.1 Å². The minimum atomic E-state index is 0.541. The zero-order chi connectivity index (χ0) is 13.6. The Kier molecular flexibility index (Phi) is 2.45. The standard InChI is InChI=1S/C15H15N3O/c1-8-3-4-14-13(5-8)18-15(19-14)10-6-11(16)9(2)12(17)7-10/h3-7H,16-17H2,1-2H3. The van der Waals surface area contributed by atoms with Crippen LogP contribution in [0.15, 0.2) is 34.7 Å². The summed E-state index contributed by atoms with van der Waals surface area (Å²) in [6.07, 6.45) is 0. The third-order valence-electron chi connectivity index (χ3n) is 3.28. The van der Waals surface area contributed by atoms with Gasteiger partial charge < -0.3 is 15.9 Å². The minimum absolute atomic E-state index is 0.541. The fourth-order valence-corrected chi connectivity index (χ4v) is 2.04. The third-order valence-corrected chi connectivity index (χ3v) is 3.28. The van der Waals surface area contributed by atoms with Crippen LogP contribution in [-0.4, -0.2) is 4.98 Å². The Balaban J connectivity index is 2.19. The maximum Gasteiger partial charge on any atom is 0.227 e. The SMILES string of the molecule is Cc1ccc2oc(-c3cc(N)c(C)c(N)c3)nc2c1. The van der Waals surface area contributed by atoms with Crippen molar-refractivity contribution in [3.05, 3.63) is 41.5 Å². The molecule has 4 nitrogen and oxygen atoms in total. The van der Waals surface area contributed by atoms with Crippen molar-refractivity contribution >= 4 is 22.5 Å². The van der Waals surface area contributed by atoms with E-state index in [1.54, 1.807) is 0 Å². The second-order valence-electron chi connectivity index (χ2n) is 4.77. The first kappa shape index (κ1) is 11.6. The van der Waals surface area contributed by atoms with Crippen LogP contribution in [0.1, 0.15) is 11.1 Å². The molecule has 4 heteroatoms. The molecule has 0 unspecified atom stereocenters. The van der Waals surface area contributed by atoms with E-state index in [2.05, 4.69) is 4.98 Å². The van der Waals surface area contributed by atoms with Crippen molar-refractivity contribution in [2.45, 2.75) is 13.8 Å². The van der Waals surface area contributed by atoms with Gasteiger partial charge in [-0.3, -0.25) is 0 Å². The van der Waals surface area contributed by atoms with Crippen molar-refractivity contribution in [3.63, 3.8) is 0 Å². The molecule has 3 aromatic rings. The summed E-state index contributed by atoms with van der Waals surface area (Å²) >= 11 is 0. The fourth-order valence-electron chi connectivity index (χ4n) is 2.04. The summed E-state index contributed by atoms with van der Waals surface area (Å²) in [7, 11) is 0. The highest BCUT2D eigenvalue weighted by atomic mass is 16.3. The molecule has 0 radical (unpaired) electrons. The van der Waals surface area contributed by atoms with Gasteiger partial charge in [0.2, 0.25) is 5.89 Å². The molecule has 0 spiro atoms. The Hall–Kier alpha value is -2.49. The largest absolute Gasteiger partial charge is 0.436 e. The van der Waals surface area contributed by atoms with Crippen molar-refractivity contribution in [2.24, 2.45) is 0 Å². The lowest BCUT2D eigenvalue weighted by Gasteiger charge is -2.05. The van der Waals surface area contributed by atoms with Crippen LogP contribution in [0.4, 0.5) is 11.4 Å². The molecule has 0 saturated heterocycles. The zero-order valence-electron chi connectivity index (χ0n) is 10.9. The molecule has 1 heterocycles. The number of aryl methyl sites for hydroxylation is 1. The van der Waals surface area contributed by atoms with Gasteiger partial charge in [-0.25, -0.2) is 4.98 Å². The summed E-state index contributed by atoms with van der Waals surface area (Å²) in [5.74, 6) is 0.541. The van der Waals surface area contributed by atoms with Crippen LogP contribution >= 0.6 is 0 Å². The Bertz CT molecular complexity index is 751. The average molecular weight is 253 g/mol. The molecule has 4 N–H and O–H groups in total. The van der Waals surface area contributed by atoms with Gasteiger partial charge in [0.05, 0.1) is 0 Å². The predicted molar refractivity (Wildman–Crippen MR) is 77.7 cm³/mol. The third kappa shape index (κ3) is 1.91. The van der Waals surface area contributed by atoms with E-state index >= 15 is 0 Å². The summed E-state index contributed by atoms with van der Waals surface area (Å²) < 4.78 is 5.74. The Morgan fingerprint density at radius 2 is 1.68 bits per heavy atom. The first-order chi connectivity index (χ1) is 9.04. The number of rotatable bonds is 1. The van der Waals surface area contributed by atoms with E-state index < -0.39 is 0 Å². The minimum Gasteiger partial charge on any atom is -0.436 e. The Labute approximate surface area is 111 Å². The van der Waals surface area contributed by atoms with Gasteiger partial charge in [-0.1, -0.05) is 6.07 Å². The Morgan fingerprint density at radius 3 is 2.37 bits per heavy atom. The van der Waals surface area contributed by atoms with E-state index in [0.717, 1.165) is 27.8 Å².